The molecule has 5 heteroatoms. The lowest BCUT2D eigenvalue weighted by Crippen LogP contribution is -2.07. The van der Waals surface area contributed by atoms with Crippen LogP contribution in [0.2, 0.25) is 0 Å². The fourth-order valence-electron chi connectivity index (χ4n) is 3.12. The molecule has 1 aliphatic heterocycles. The van der Waals surface area contributed by atoms with Gasteiger partial charge in [-0.3, -0.25) is 9.59 Å². The summed E-state index contributed by atoms with van der Waals surface area (Å²) in [6.07, 6.45) is 8.43. The Hall–Kier alpha value is -3.60. The summed E-state index contributed by atoms with van der Waals surface area (Å²) >= 11 is 0. The van der Waals surface area contributed by atoms with Crippen LogP contribution in [0.4, 0.5) is 5.69 Å². The van der Waals surface area contributed by atoms with Gasteiger partial charge in [-0.1, -0.05) is 24.3 Å². The minimum Gasteiger partial charge on any atom is -0.458 e. The Bertz CT molecular complexity index is 1020. The summed E-state index contributed by atoms with van der Waals surface area (Å²) in [5.74, 6) is 2.07. The molecule has 1 N–H and O–H groups in total. The Morgan fingerprint density at radius 2 is 2.04 bits per heavy atom. The number of carbonyl (C=O) groups is 2. The topological polar surface area (TPSA) is 64.6 Å². The highest BCUT2D eigenvalue weighted by Crippen LogP contribution is 2.34. The summed E-state index contributed by atoms with van der Waals surface area (Å²) in [7, 11) is 0. The molecule has 4 rings (SSSR count). The fraction of sp³-hybridized carbons (Fsp3) is 0.130. The van der Waals surface area contributed by atoms with Crippen molar-refractivity contribution in [3.8, 4) is 11.5 Å². The fourth-order valence-corrected chi connectivity index (χ4v) is 3.12. The van der Waals surface area contributed by atoms with Gasteiger partial charge in [0.2, 0.25) is 11.7 Å². The predicted octanol–water partition coefficient (Wildman–Crippen LogP) is 4.64. The maximum atomic E-state index is 12.6. The zero-order valence-corrected chi connectivity index (χ0v) is 15.3. The molecule has 0 aromatic heterocycles. The van der Waals surface area contributed by atoms with Crippen LogP contribution < -0.4 is 14.8 Å². The average molecular weight is 373 g/mol. The zero-order chi connectivity index (χ0) is 19.5. The number of rotatable bonds is 4. The van der Waals surface area contributed by atoms with Gasteiger partial charge in [-0.2, -0.15) is 0 Å². The summed E-state index contributed by atoms with van der Waals surface area (Å²) in [4.78, 5) is 23.8. The summed E-state index contributed by atoms with van der Waals surface area (Å²) in [6, 6.07) is 14.6. The van der Waals surface area contributed by atoms with Gasteiger partial charge in [0.15, 0.2) is 5.76 Å². The van der Waals surface area contributed by atoms with Crippen LogP contribution in [0.3, 0.4) is 0 Å². The van der Waals surface area contributed by atoms with Crippen molar-refractivity contribution < 1.29 is 19.1 Å². The second-order valence-electron chi connectivity index (χ2n) is 6.63. The highest BCUT2D eigenvalue weighted by Gasteiger charge is 2.28. The molecule has 0 fully saturated rings. The molecule has 2 aromatic carbocycles. The van der Waals surface area contributed by atoms with Crippen LogP contribution in [0.25, 0.3) is 0 Å². The number of nitrogens with one attached hydrogen (secondary N) is 1. The van der Waals surface area contributed by atoms with E-state index < -0.39 is 0 Å². The summed E-state index contributed by atoms with van der Waals surface area (Å²) in [5.41, 5.74) is 1.04. The number of Topliss-reactive ketones (excluding diaryl/α,β-unsaturated/α-hetero) is 1. The molecule has 28 heavy (non-hydrogen) atoms. The second-order valence-corrected chi connectivity index (χ2v) is 6.63. The van der Waals surface area contributed by atoms with E-state index in [9.17, 15) is 9.59 Å². The van der Waals surface area contributed by atoms with Crippen LogP contribution in [0, 0.1) is 5.92 Å². The average Bonchev–Trinajstić information content (AvgIpc) is 2.99. The monoisotopic (exact) mass is 373 g/mol. The van der Waals surface area contributed by atoms with Gasteiger partial charge >= 0.3 is 0 Å². The largest absolute Gasteiger partial charge is 0.458 e. The lowest BCUT2D eigenvalue weighted by atomic mass is 9.98. The number of ether oxygens (including phenoxy) is 2. The summed E-state index contributed by atoms with van der Waals surface area (Å²) in [6.45, 7) is 1.43. The highest BCUT2D eigenvalue weighted by atomic mass is 16.5. The molecule has 2 aromatic rings. The quantitative estimate of drug-likeness (QED) is 0.793. The molecular formula is C23H19NO4. The zero-order valence-electron chi connectivity index (χ0n) is 15.3. The standard InChI is InChI=1S/C23H19NO4/c1-15(25)24-17-9-12-21-20(14-17)23(26)22(28-21)13-16-7-10-19(11-8-16)27-18-5-3-2-4-6-18/h2-7,9-14,16H,8H2,1H3,(H,24,25)/b22-13-. The molecule has 1 heterocycles. The van der Waals surface area contributed by atoms with Crippen LogP contribution in [0.15, 0.2) is 84.4 Å². The number of ketones is 1. The van der Waals surface area contributed by atoms with Gasteiger partial charge in [-0.05, 0) is 55.0 Å². The molecule has 1 aliphatic carbocycles. The normalized spacial score (nSPS) is 19.0. The minimum atomic E-state index is -0.185. The van der Waals surface area contributed by atoms with Gasteiger partial charge in [-0.25, -0.2) is 0 Å². The molecule has 0 saturated heterocycles. The third-order valence-corrected chi connectivity index (χ3v) is 4.43. The van der Waals surface area contributed by atoms with Crippen molar-refractivity contribution in [3.63, 3.8) is 0 Å². The van der Waals surface area contributed by atoms with Gasteiger partial charge in [0.25, 0.3) is 0 Å². The number of hydrogen-bond donors (Lipinski definition) is 1. The smallest absolute Gasteiger partial charge is 0.231 e. The molecule has 1 unspecified atom stereocenters. The first-order chi connectivity index (χ1) is 13.6. The molecule has 1 atom stereocenters. The van der Waals surface area contributed by atoms with E-state index in [-0.39, 0.29) is 17.6 Å². The Morgan fingerprint density at radius 1 is 1.21 bits per heavy atom. The Balaban J connectivity index is 1.43. The molecule has 0 radical (unpaired) electrons. The van der Waals surface area contributed by atoms with Crippen molar-refractivity contribution in [2.75, 3.05) is 5.32 Å². The van der Waals surface area contributed by atoms with Gasteiger partial charge in [0, 0.05) is 18.5 Å². The SMILES string of the molecule is CC(=O)Nc1ccc2c(c1)C(=O)/C(=C/C1C=CC(Oc3ccccc3)=CC1)O2. The number of carbonyl (C=O) groups excluding carboxylic acids is 2. The maximum absolute atomic E-state index is 12.6. The Morgan fingerprint density at radius 3 is 2.75 bits per heavy atom. The number of hydrogen-bond acceptors (Lipinski definition) is 4. The van der Waals surface area contributed by atoms with Gasteiger partial charge in [-0.15, -0.1) is 0 Å². The first-order valence-corrected chi connectivity index (χ1v) is 9.06. The number of amides is 1. The van der Waals surface area contributed by atoms with Crippen LogP contribution in [0.1, 0.15) is 23.7 Å². The van der Waals surface area contributed by atoms with Crippen molar-refractivity contribution in [2.24, 2.45) is 5.92 Å². The third kappa shape index (κ3) is 3.88. The van der Waals surface area contributed by atoms with Crippen molar-refractivity contribution >= 4 is 17.4 Å². The molecule has 2 aliphatic rings. The van der Waals surface area contributed by atoms with E-state index in [1.54, 1.807) is 18.2 Å². The Kier molecular flexibility index (Phi) is 4.81. The molecule has 0 bridgehead atoms. The number of anilines is 1. The highest BCUT2D eigenvalue weighted by molar-refractivity contribution is 6.13. The number of fused-ring (bicyclic) bond motifs is 1. The molecule has 0 saturated carbocycles. The van der Waals surface area contributed by atoms with E-state index in [0.717, 1.165) is 11.5 Å². The molecule has 5 nitrogen and oxygen atoms in total. The molecule has 0 spiro atoms. The first kappa shape index (κ1) is 17.8. The van der Waals surface area contributed by atoms with Gasteiger partial charge in [0.1, 0.15) is 17.3 Å². The number of para-hydroxylation sites is 1. The van der Waals surface area contributed by atoms with Crippen molar-refractivity contribution in [3.05, 3.63) is 89.9 Å². The van der Waals surface area contributed by atoms with Crippen molar-refractivity contribution in [1.29, 1.82) is 0 Å². The van der Waals surface area contributed by atoms with E-state index in [0.29, 0.717) is 29.2 Å². The number of allylic oxidation sites excluding steroid dienone is 5. The van der Waals surface area contributed by atoms with Gasteiger partial charge < -0.3 is 14.8 Å². The third-order valence-electron chi connectivity index (χ3n) is 4.43. The van der Waals surface area contributed by atoms with E-state index >= 15 is 0 Å². The second kappa shape index (κ2) is 7.56. The summed E-state index contributed by atoms with van der Waals surface area (Å²) < 4.78 is 11.5. The van der Waals surface area contributed by atoms with E-state index in [2.05, 4.69) is 5.32 Å². The predicted molar refractivity (Wildman–Crippen MR) is 106 cm³/mol. The summed E-state index contributed by atoms with van der Waals surface area (Å²) in [5, 5.41) is 2.68. The van der Waals surface area contributed by atoms with E-state index in [1.165, 1.54) is 6.92 Å². The lowest BCUT2D eigenvalue weighted by molar-refractivity contribution is -0.114. The van der Waals surface area contributed by atoms with Crippen LogP contribution in [-0.4, -0.2) is 11.7 Å². The van der Waals surface area contributed by atoms with Crippen molar-refractivity contribution in [1.82, 2.24) is 0 Å². The van der Waals surface area contributed by atoms with E-state index in [1.807, 2.05) is 54.6 Å². The van der Waals surface area contributed by atoms with Crippen molar-refractivity contribution in [2.45, 2.75) is 13.3 Å². The van der Waals surface area contributed by atoms with Crippen LogP contribution in [0.5, 0.6) is 11.5 Å². The minimum absolute atomic E-state index is 0.0474. The lowest BCUT2D eigenvalue weighted by Gasteiger charge is -2.14. The maximum Gasteiger partial charge on any atom is 0.231 e. The first-order valence-electron chi connectivity index (χ1n) is 9.06. The Labute approximate surface area is 163 Å². The van der Waals surface area contributed by atoms with Crippen LogP contribution >= 0.6 is 0 Å². The molecule has 140 valence electrons. The van der Waals surface area contributed by atoms with Gasteiger partial charge in [0.05, 0.1) is 5.56 Å². The number of benzene rings is 2. The molecule has 1 amide bonds. The van der Waals surface area contributed by atoms with Crippen LogP contribution in [-0.2, 0) is 4.79 Å². The van der Waals surface area contributed by atoms with E-state index in [4.69, 9.17) is 9.47 Å². The molecular weight excluding hydrogens is 354 g/mol.